The van der Waals surface area contributed by atoms with E-state index in [0.29, 0.717) is 12.3 Å². The number of thioether (sulfide) groups is 1. The first-order valence-corrected chi connectivity index (χ1v) is 7.62. The van der Waals surface area contributed by atoms with Crippen molar-refractivity contribution in [2.75, 3.05) is 0 Å². The van der Waals surface area contributed by atoms with Gasteiger partial charge in [0.25, 0.3) is 0 Å². The van der Waals surface area contributed by atoms with Gasteiger partial charge >= 0.3 is 0 Å². The molecule has 0 aliphatic heterocycles. The average Bonchev–Trinajstić information content (AvgIpc) is 2.87. The first kappa shape index (κ1) is 15.1. The van der Waals surface area contributed by atoms with Gasteiger partial charge in [-0.3, -0.25) is 0 Å². The van der Waals surface area contributed by atoms with Gasteiger partial charge in [-0.05, 0) is 45.0 Å². The van der Waals surface area contributed by atoms with Crippen LogP contribution in [0.5, 0.6) is 0 Å². The van der Waals surface area contributed by atoms with E-state index in [9.17, 15) is 4.39 Å². The van der Waals surface area contributed by atoms with E-state index in [1.807, 2.05) is 18.2 Å². The molecule has 4 heteroatoms. The lowest BCUT2D eigenvalue weighted by Crippen LogP contribution is -2.35. The second-order valence-electron chi connectivity index (χ2n) is 5.69. The highest BCUT2D eigenvalue weighted by atomic mass is 32.2. The fourth-order valence-corrected chi connectivity index (χ4v) is 2.72. The van der Waals surface area contributed by atoms with E-state index < -0.39 is 0 Å². The Morgan fingerprint density at radius 2 is 2.00 bits per heavy atom. The van der Waals surface area contributed by atoms with Crippen molar-refractivity contribution in [3.05, 3.63) is 53.7 Å². The molecule has 0 bridgehead atoms. The molecule has 108 valence electrons. The van der Waals surface area contributed by atoms with Crippen LogP contribution in [-0.2, 0) is 12.3 Å². The maximum Gasteiger partial charge on any atom is 0.128 e. The van der Waals surface area contributed by atoms with Crippen molar-refractivity contribution >= 4 is 11.8 Å². The Morgan fingerprint density at radius 3 is 2.65 bits per heavy atom. The third-order valence-corrected chi connectivity index (χ3v) is 3.94. The minimum Gasteiger partial charge on any atom is -0.468 e. The van der Waals surface area contributed by atoms with Crippen LogP contribution >= 0.6 is 11.8 Å². The van der Waals surface area contributed by atoms with Gasteiger partial charge in [-0.2, -0.15) is 0 Å². The molecular formula is C16H20FNOS. The summed E-state index contributed by atoms with van der Waals surface area (Å²) in [6, 6.07) is 9.01. The molecule has 0 saturated heterocycles. The van der Waals surface area contributed by atoms with Gasteiger partial charge in [-0.15, -0.1) is 11.8 Å². The molecule has 1 heterocycles. The number of rotatable bonds is 5. The van der Waals surface area contributed by atoms with Crippen molar-refractivity contribution in [1.29, 1.82) is 0 Å². The van der Waals surface area contributed by atoms with Crippen LogP contribution in [0.2, 0.25) is 0 Å². The van der Waals surface area contributed by atoms with Gasteiger partial charge in [0.15, 0.2) is 0 Å². The third kappa shape index (κ3) is 4.39. The average molecular weight is 293 g/mol. The van der Waals surface area contributed by atoms with E-state index >= 15 is 0 Å². The molecule has 2 nitrogen and oxygen atoms in total. The van der Waals surface area contributed by atoms with Crippen LogP contribution in [-0.4, -0.2) is 5.54 Å². The van der Waals surface area contributed by atoms with E-state index in [0.717, 1.165) is 16.2 Å². The van der Waals surface area contributed by atoms with E-state index in [-0.39, 0.29) is 11.4 Å². The Balaban J connectivity index is 2.09. The Bertz CT molecular complexity index is 546. The van der Waals surface area contributed by atoms with Gasteiger partial charge in [0.2, 0.25) is 0 Å². The third-order valence-electron chi connectivity index (χ3n) is 2.82. The van der Waals surface area contributed by atoms with Crippen LogP contribution in [0.1, 0.15) is 32.1 Å². The number of hydrogen-bond donors (Lipinski definition) is 1. The standard InChI is InChI=1S/C16H20FNOS/c1-16(2,3)18-10-13-14(17)7-4-8-15(13)20-11-12-6-5-9-19-12/h4-9,18H,10-11H2,1-3H3. The SMILES string of the molecule is CC(C)(C)NCc1c(F)cccc1SCc1ccco1. The van der Waals surface area contributed by atoms with Gasteiger partial charge in [0.05, 0.1) is 12.0 Å². The zero-order valence-electron chi connectivity index (χ0n) is 12.1. The summed E-state index contributed by atoms with van der Waals surface area (Å²) in [5.41, 5.74) is 0.685. The Hall–Kier alpha value is -1.26. The van der Waals surface area contributed by atoms with Gasteiger partial charge in [-0.25, -0.2) is 4.39 Å². The predicted octanol–water partition coefficient (Wildman–Crippen LogP) is 4.60. The lowest BCUT2D eigenvalue weighted by molar-refractivity contribution is 0.416. The molecule has 2 rings (SSSR count). The maximum atomic E-state index is 14.0. The molecule has 0 saturated carbocycles. The van der Waals surface area contributed by atoms with Crippen molar-refractivity contribution in [2.24, 2.45) is 0 Å². The molecular weight excluding hydrogens is 273 g/mol. The second-order valence-corrected chi connectivity index (χ2v) is 6.71. The van der Waals surface area contributed by atoms with Crippen LogP contribution in [0, 0.1) is 5.82 Å². The monoisotopic (exact) mass is 293 g/mol. The fourth-order valence-electron chi connectivity index (χ4n) is 1.74. The van der Waals surface area contributed by atoms with E-state index in [1.165, 1.54) is 6.07 Å². The summed E-state index contributed by atoms with van der Waals surface area (Å²) in [5.74, 6) is 1.44. The van der Waals surface area contributed by atoms with Gasteiger partial charge < -0.3 is 9.73 Å². The summed E-state index contributed by atoms with van der Waals surface area (Å²) < 4.78 is 19.3. The largest absolute Gasteiger partial charge is 0.468 e. The molecule has 20 heavy (non-hydrogen) atoms. The molecule has 0 aliphatic rings. The highest BCUT2D eigenvalue weighted by Gasteiger charge is 2.14. The molecule has 0 atom stereocenters. The Labute approximate surface area is 123 Å². The molecule has 0 spiro atoms. The molecule has 0 fully saturated rings. The topological polar surface area (TPSA) is 25.2 Å². The predicted molar refractivity (Wildman–Crippen MR) is 81.3 cm³/mol. The number of halogens is 1. The van der Waals surface area contributed by atoms with Crippen LogP contribution in [0.15, 0.2) is 45.9 Å². The maximum absolute atomic E-state index is 14.0. The summed E-state index contributed by atoms with van der Waals surface area (Å²) >= 11 is 1.60. The normalized spacial score (nSPS) is 11.8. The number of nitrogens with one attached hydrogen (secondary N) is 1. The first-order valence-electron chi connectivity index (χ1n) is 6.63. The highest BCUT2D eigenvalue weighted by Crippen LogP contribution is 2.28. The molecule has 1 N–H and O–H groups in total. The zero-order chi connectivity index (χ0) is 14.6. The summed E-state index contributed by atoms with van der Waals surface area (Å²) in [6.45, 7) is 6.74. The van der Waals surface area contributed by atoms with E-state index in [1.54, 1.807) is 24.1 Å². The van der Waals surface area contributed by atoms with Crippen LogP contribution in [0.4, 0.5) is 4.39 Å². The highest BCUT2D eigenvalue weighted by molar-refractivity contribution is 7.98. The first-order chi connectivity index (χ1) is 9.46. The molecule has 0 radical (unpaired) electrons. The smallest absolute Gasteiger partial charge is 0.128 e. The molecule has 0 aliphatic carbocycles. The van der Waals surface area contributed by atoms with Crippen molar-refractivity contribution in [2.45, 2.75) is 43.5 Å². The van der Waals surface area contributed by atoms with Crippen molar-refractivity contribution in [3.8, 4) is 0 Å². The van der Waals surface area contributed by atoms with Crippen molar-refractivity contribution in [3.63, 3.8) is 0 Å². The van der Waals surface area contributed by atoms with Crippen molar-refractivity contribution in [1.82, 2.24) is 5.32 Å². The lowest BCUT2D eigenvalue weighted by Gasteiger charge is -2.21. The molecule has 2 aromatic rings. The van der Waals surface area contributed by atoms with Crippen LogP contribution in [0.3, 0.4) is 0 Å². The number of furan rings is 1. The summed E-state index contributed by atoms with van der Waals surface area (Å²) in [4.78, 5) is 0.957. The Kier molecular flexibility index (Phi) is 4.89. The van der Waals surface area contributed by atoms with Crippen LogP contribution in [0.25, 0.3) is 0 Å². The quantitative estimate of drug-likeness (QED) is 0.816. The minimum absolute atomic E-state index is 0.0365. The Morgan fingerprint density at radius 1 is 1.20 bits per heavy atom. The van der Waals surface area contributed by atoms with Gasteiger partial charge in [-0.1, -0.05) is 6.07 Å². The second kappa shape index (κ2) is 6.46. The fraction of sp³-hybridized carbons (Fsp3) is 0.375. The number of hydrogen-bond acceptors (Lipinski definition) is 3. The number of benzene rings is 1. The summed E-state index contributed by atoms with van der Waals surface area (Å²) in [7, 11) is 0. The van der Waals surface area contributed by atoms with Gasteiger partial charge in [0, 0.05) is 22.5 Å². The molecule has 1 aromatic heterocycles. The molecule has 1 aromatic carbocycles. The van der Waals surface area contributed by atoms with Crippen LogP contribution < -0.4 is 5.32 Å². The zero-order valence-corrected chi connectivity index (χ0v) is 12.9. The lowest BCUT2D eigenvalue weighted by atomic mass is 10.1. The van der Waals surface area contributed by atoms with Crippen molar-refractivity contribution < 1.29 is 8.81 Å². The molecule has 0 unspecified atom stereocenters. The summed E-state index contributed by atoms with van der Waals surface area (Å²) in [5, 5.41) is 3.34. The minimum atomic E-state index is -0.161. The molecule has 0 amide bonds. The van der Waals surface area contributed by atoms with E-state index in [4.69, 9.17) is 4.42 Å². The van der Waals surface area contributed by atoms with Gasteiger partial charge in [0.1, 0.15) is 11.6 Å². The summed E-state index contributed by atoms with van der Waals surface area (Å²) in [6.07, 6.45) is 1.66. The van der Waals surface area contributed by atoms with E-state index in [2.05, 4.69) is 26.1 Å².